The number of benzene rings is 5. The van der Waals surface area contributed by atoms with Crippen LogP contribution in [0.25, 0.3) is 16.7 Å². The van der Waals surface area contributed by atoms with E-state index in [0.29, 0.717) is 59.9 Å². The number of hydrogen-bond donors (Lipinski definition) is 5. The largest absolute Gasteiger partial charge is 0.495 e. The highest BCUT2D eigenvalue weighted by Gasteiger charge is 2.28. The molecule has 26 nitrogen and oxygen atoms in total. The number of thioether (sulfide) groups is 2. The molecule has 0 saturated carbocycles. The van der Waals surface area contributed by atoms with Gasteiger partial charge in [-0.2, -0.15) is 59.4 Å². The maximum absolute atomic E-state index is 12.5. The lowest BCUT2D eigenvalue weighted by Crippen LogP contribution is -2.08. The molecule has 0 atom stereocenters. The van der Waals surface area contributed by atoms with Gasteiger partial charge in [0.2, 0.25) is 5.88 Å². The molecule has 0 aliphatic heterocycles. The van der Waals surface area contributed by atoms with Crippen LogP contribution in [-0.2, 0) is 40.5 Å². The van der Waals surface area contributed by atoms with Gasteiger partial charge in [0.15, 0.2) is 16.2 Å². The molecule has 7 aromatic rings. The number of halogens is 1. The van der Waals surface area contributed by atoms with E-state index in [9.17, 15) is 62.3 Å². The number of rotatable bonds is 25. The van der Waals surface area contributed by atoms with Gasteiger partial charge < -0.3 is 14.6 Å². The number of imidazole rings is 1. The van der Waals surface area contributed by atoms with Crippen molar-refractivity contribution in [1.82, 2.24) is 9.38 Å². The molecule has 0 amide bonds. The number of aromatic nitrogens is 2. The molecule has 2 heterocycles. The van der Waals surface area contributed by atoms with Gasteiger partial charge in [0, 0.05) is 26.4 Å². The summed E-state index contributed by atoms with van der Waals surface area (Å²) in [7, 11) is -16.7. The fraction of sp³-hybridized carbons (Fsp3) is 0.280. The Balaban J connectivity index is 1.27. The molecule has 0 aliphatic rings. The Kier molecular flexibility index (Phi) is 20.4. The molecule has 7 rings (SSSR count). The van der Waals surface area contributed by atoms with Crippen LogP contribution >= 0.6 is 35.1 Å². The van der Waals surface area contributed by atoms with Crippen LogP contribution in [-0.4, -0.2) is 109 Å². The van der Waals surface area contributed by atoms with Gasteiger partial charge in [-0.3, -0.25) is 22.6 Å². The number of aryl methyl sites for hydroxylation is 3. The van der Waals surface area contributed by atoms with Crippen molar-refractivity contribution in [3.63, 3.8) is 0 Å². The van der Waals surface area contributed by atoms with E-state index < -0.39 is 68.5 Å². The normalized spacial score (nSPS) is 12.7. The number of aromatic hydroxyl groups is 1. The molecule has 0 saturated heterocycles. The lowest BCUT2D eigenvalue weighted by molar-refractivity contribution is 0.317. The van der Waals surface area contributed by atoms with Crippen LogP contribution in [0.15, 0.2) is 128 Å². The highest BCUT2D eigenvalue weighted by molar-refractivity contribution is 7.99. The Hall–Kier alpha value is -7.03. The maximum atomic E-state index is 12.5. The van der Waals surface area contributed by atoms with Gasteiger partial charge >= 0.3 is 0 Å². The Labute approximate surface area is 489 Å². The minimum Gasteiger partial charge on any atom is -0.495 e. The van der Waals surface area contributed by atoms with Crippen molar-refractivity contribution in [2.45, 2.75) is 61.6 Å². The highest BCUT2D eigenvalue weighted by atomic mass is 35.5. The summed E-state index contributed by atoms with van der Waals surface area (Å²) < 4.78 is 145. The smallest absolute Gasteiger partial charge is 0.300 e. The molecule has 438 valence electrons. The summed E-state index contributed by atoms with van der Waals surface area (Å²) in [6.45, 7) is 6.34. The van der Waals surface area contributed by atoms with Crippen LogP contribution < -0.4 is 9.47 Å². The van der Waals surface area contributed by atoms with Crippen molar-refractivity contribution < 1.29 is 66.5 Å². The Bertz CT molecular complexity index is 4330. The molecule has 0 spiro atoms. The fourth-order valence-corrected chi connectivity index (χ4v) is 12.6. The second-order valence-corrected chi connectivity index (χ2v) is 26.8. The van der Waals surface area contributed by atoms with Gasteiger partial charge in [0.1, 0.15) is 34.3 Å². The predicted octanol–water partition coefficient (Wildman–Crippen LogP) is 13.3. The summed E-state index contributed by atoms with van der Waals surface area (Å²) in [5, 5.41) is 58.1. The molecule has 5 N–H and O–H groups in total. The topological polar surface area (TPSA) is 396 Å². The Morgan fingerprint density at radius 3 is 1.65 bits per heavy atom. The molecule has 2 aromatic heterocycles. The first-order valence-electron chi connectivity index (χ1n) is 24.3. The number of fused-ring (bicyclic) bond motifs is 3. The summed E-state index contributed by atoms with van der Waals surface area (Å²) in [4.78, 5) is 4.61. The third-order valence-electron chi connectivity index (χ3n) is 11.8. The number of nitrogens with zero attached hydrogens (tertiary/aromatic N) is 11. The zero-order chi connectivity index (χ0) is 60.6. The molecule has 0 bridgehead atoms. The first-order valence-corrected chi connectivity index (χ1v) is 32.9. The van der Waals surface area contributed by atoms with Gasteiger partial charge in [0.25, 0.3) is 40.5 Å². The molecule has 33 heteroatoms. The number of pyridine rings is 1. The van der Waals surface area contributed by atoms with Crippen LogP contribution in [0.1, 0.15) is 47.1 Å². The lowest BCUT2D eigenvalue weighted by atomic mass is 10.1. The molecule has 0 radical (unpaired) electrons. The van der Waals surface area contributed by atoms with Gasteiger partial charge in [0.05, 0.1) is 70.6 Å². The van der Waals surface area contributed by atoms with Gasteiger partial charge in [-0.05, 0) is 136 Å². The third-order valence-corrected chi connectivity index (χ3v) is 17.6. The SMILES string of the molecule is COc1ccc2c(nc3c(C#N)c(C)c(N=Nc4cc(C)c(N=Nc5cc(C)c(N=Nc6cc(C)c(N=Nc7cccc(Cl)c7)cc6SCCCS(=O)(=O)O)cc5SCCCS(=O)(=O)O)cc4OCCCS(=O)(=O)O)c(O)n32)c1S(=O)(=O)O. The summed E-state index contributed by atoms with van der Waals surface area (Å²) >= 11 is 8.58. The quantitative estimate of drug-likeness (QED) is 0.0154. The van der Waals surface area contributed by atoms with Crippen LogP contribution in [0.5, 0.6) is 17.4 Å². The van der Waals surface area contributed by atoms with E-state index in [0.717, 1.165) is 4.40 Å². The van der Waals surface area contributed by atoms with Gasteiger partial charge in [-0.15, -0.1) is 44.0 Å². The number of methoxy groups -OCH3 is 1. The number of hydrogen-bond acceptors (Lipinski definition) is 23. The van der Waals surface area contributed by atoms with Crippen molar-refractivity contribution in [3.8, 4) is 23.4 Å². The second-order valence-electron chi connectivity index (χ2n) is 18.1. The number of ether oxygens (including phenoxy) is 2. The minimum absolute atomic E-state index is 0.00618. The Morgan fingerprint density at radius 2 is 1.13 bits per heavy atom. The third kappa shape index (κ3) is 16.8. The molecular weight excluding hydrogens is 1220 g/mol. The Morgan fingerprint density at radius 1 is 0.627 bits per heavy atom. The average Bonchev–Trinajstić information content (AvgIpc) is 1.81. The summed E-state index contributed by atoms with van der Waals surface area (Å²) in [6, 6.07) is 21.0. The summed E-state index contributed by atoms with van der Waals surface area (Å²) in [5.41, 5.74) is 3.02. The first-order chi connectivity index (χ1) is 39.0. The number of nitriles is 1. The van der Waals surface area contributed by atoms with Crippen molar-refractivity contribution in [2.24, 2.45) is 40.9 Å². The zero-order valence-corrected chi connectivity index (χ0v) is 50.0. The monoisotopic (exact) mass is 1270 g/mol. The zero-order valence-electron chi connectivity index (χ0n) is 44.4. The minimum atomic E-state index is -4.95. The molecule has 0 aliphatic carbocycles. The van der Waals surface area contributed by atoms with Crippen LogP contribution in [0.2, 0.25) is 5.02 Å². The summed E-state index contributed by atoms with van der Waals surface area (Å²) in [6.07, 6.45) is -0.0144. The van der Waals surface area contributed by atoms with Crippen molar-refractivity contribution in [1.29, 1.82) is 5.26 Å². The predicted molar refractivity (Wildman–Crippen MR) is 312 cm³/mol. The molecule has 0 unspecified atom stereocenters. The molecular formula is C50H50ClN11O15S6. The van der Waals surface area contributed by atoms with Gasteiger partial charge in [-0.25, -0.2) is 4.98 Å². The van der Waals surface area contributed by atoms with E-state index in [1.54, 1.807) is 69.3 Å². The first kappa shape index (κ1) is 63.5. The molecule has 5 aromatic carbocycles. The van der Waals surface area contributed by atoms with Crippen LogP contribution in [0, 0.1) is 39.0 Å². The fourth-order valence-electron chi connectivity index (χ4n) is 7.84. The lowest BCUT2D eigenvalue weighted by Gasteiger charge is -2.12. The van der Waals surface area contributed by atoms with Gasteiger partial charge in [-0.1, -0.05) is 17.7 Å². The highest BCUT2D eigenvalue weighted by Crippen LogP contribution is 2.45. The second kappa shape index (κ2) is 26.7. The average molecular weight is 1270 g/mol. The van der Waals surface area contributed by atoms with Crippen LogP contribution in [0.3, 0.4) is 0 Å². The standard InChI is InChI=1S/C50H50ClN11O15S6/c1-28-20-38(58-61-46-31(4)34(27-52)49-53-47-41(62(49)50(46)63)12-13-42(76-5)48(47)83(73,74)75)43(77-14-7-17-80(64,65)66)24-35(28)56-59-39-22-30(3)37(26-45(39)79-16-9-19-82(70,71)72)57-60-40-21-29(2)36(55-54-33-11-6-10-32(51)23-33)25-44(40)78-15-8-18-81(67,68)69/h6,10-13,20-26,63H,7-9,14-19H2,1-5H3,(H,64,65,66)(H,67,68,69)(H,70,71,72)(H,73,74,75). The van der Waals surface area contributed by atoms with E-state index in [-0.39, 0.29) is 93.7 Å². The van der Waals surface area contributed by atoms with E-state index in [1.807, 2.05) is 6.07 Å². The van der Waals surface area contributed by atoms with Crippen LogP contribution in [0.4, 0.5) is 45.5 Å². The van der Waals surface area contributed by atoms with E-state index >= 15 is 0 Å². The van der Waals surface area contributed by atoms with Crippen molar-refractivity contribution in [3.05, 3.63) is 106 Å². The van der Waals surface area contributed by atoms with E-state index in [4.69, 9.17) is 21.1 Å². The maximum Gasteiger partial charge on any atom is 0.300 e. The van der Waals surface area contributed by atoms with E-state index in [2.05, 4.69) is 45.9 Å². The molecule has 0 fully saturated rings. The molecule has 83 heavy (non-hydrogen) atoms. The number of azo groups is 4. The summed E-state index contributed by atoms with van der Waals surface area (Å²) in [5.74, 6) is -2.10. The van der Waals surface area contributed by atoms with Crippen molar-refractivity contribution in [2.75, 3.05) is 42.5 Å². The van der Waals surface area contributed by atoms with Crippen molar-refractivity contribution >= 4 is 138 Å². The van der Waals surface area contributed by atoms with E-state index in [1.165, 1.54) is 61.8 Å².